The number of hydrogen-bond donors (Lipinski definition) is 3. The molecule has 1 saturated heterocycles. The largest absolute Gasteiger partial charge is 0.387 e. The van der Waals surface area contributed by atoms with Gasteiger partial charge in [-0.2, -0.15) is 0 Å². The maximum absolute atomic E-state index is 9.73. The van der Waals surface area contributed by atoms with Gasteiger partial charge in [0.25, 0.3) is 0 Å². The van der Waals surface area contributed by atoms with Crippen molar-refractivity contribution in [3.63, 3.8) is 0 Å². The summed E-state index contributed by atoms with van der Waals surface area (Å²) in [6.07, 6.45) is -2.60. The summed E-state index contributed by atoms with van der Waals surface area (Å²) in [5.41, 5.74) is 0. The molecule has 0 aromatic heterocycles. The Morgan fingerprint density at radius 2 is 1.67 bits per heavy atom. The van der Waals surface area contributed by atoms with Crippen LogP contribution >= 0.6 is 0 Å². The highest BCUT2D eigenvalue weighted by atomic mass is 16.7. The minimum absolute atomic E-state index is 0.0743. The third-order valence-electron chi connectivity index (χ3n) is 2.56. The van der Waals surface area contributed by atoms with Gasteiger partial charge in [0.2, 0.25) is 0 Å². The Morgan fingerprint density at radius 3 is 2.28 bits per heavy atom. The maximum atomic E-state index is 9.73. The van der Waals surface area contributed by atoms with Crippen LogP contribution in [0.3, 0.4) is 0 Å². The van der Waals surface area contributed by atoms with Crippen molar-refractivity contribution >= 4 is 0 Å². The molecule has 6 heteroatoms. The second-order valence-corrected chi connectivity index (χ2v) is 3.96. The summed E-state index contributed by atoms with van der Waals surface area (Å²) in [5, 5.41) is 29.1. The molecule has 0 aliphatic carbocycles. The van der Waals surface area contributed by atoms with E-state index in [-0.39, 0.29) is 13.2 Å². The Labute approximate surface area is 106 Å². The van der Waals surface area contributed by atoms with Gasteiger partial charge in [0.15, 0.2) is 6.29 Å². The van der Waals surface area contributed by atoms with Gasteiger partial charge in [0.1, 0.15) is 24.4 Å². The van der Waals surface area contributed by atoms with Crippen LogP contribution in [0.1, 0.15) is 0 Å². The van der Waals surface area contributed by atoms with Crippen LogP contribution in [0.4, 0.5) is 0 Å². The normalized spacial score (nSPS) is 36.3. The molecule has 6 nitrogen and oxygen atoms in total. The van der Waals surface area contributed by atoms with Crippen molar-refractivity contribution in [3.05, 3.63) is 25.3 Å². The Balaban J connectivity index is 2.55. The number of ether oxygens (including phenoxy) is 3. The molecule has 5 atom stereocenters. The van der Waals surface area contributed by atoms with E-state index in [0.717, 1.165) is 0 Å². The average Bonchev–Trinajstić information content (AvgIpc) is 2.37. The van der Waals surface area contributed by atoms with E-state index in [1.807, 2.05) is 0 Å². The first-order valence-electron chi connectivity index (χ1n) is 5.72. The summed E-state index contributed by atoms with van der Waals surface area (Å²) in [4.78, 5) is 0. The molecule has 0 spiro atoms. The molecule has 0 radical (unpaired) electrons. The topological polar surface area (TPSA) is 88.4 Å². The van der Waals surface area contributed by atoms with Crippen LogP contribution in [0, 0.1) is 0 Å². The molecule has 1 heterocycles. The zero-order valence-electron chi connectivity index (χ0n) is 10.1. The number of aliphatic hydroxyl groups excluding tert-OH is 3. The fraction of sp³-hybridized carbons (Fsp3) is 0.667. The summed E-state index contributed by atoms with van der Waals surface area (Å²) in [6.45, 7) is 7.52. The van der Waals surface area contributed by atoms with Gasteiger partial charge in [0, 0.05) is 0 Å². The van der Waals surface area contributed by atoms with Gasteiger partial charge in [-0.1, -0.05) is 12.2 Å². The molecule has 18 heavy (non-hydrogen) atoms. The van der Waals surface area contributed by atoms with Crippen LogP contribution in [0.5, 0.6) is 0 Å². The molecule has 1 aliphatic heterocycles. The molecule has 0 bridgehead atoms. The summed E-state index contributed by atoms with van der Waals surface area (Å²) in [6, 6.07) is 0. The smallest absolute Gasteiger partial charge is 0.187 e. The van der Waals surface area contributed by atoms with Gasteiger partial charge in [-0.15, -0.1) is 13.2 Å². The minimum atomic E-state index is -1.34. The molecule has 3 unspecified atom stereocenters. The predicted octanol–water partition coefficient (Wildman–Crippen LogP) is -0.801. The van der Waals surface area contributed by atoms with Gasteiger partial charge in [-0.3, -0.25) is 0 Å². The Bertz CT molecular complexity index is 267. The van der Waals surface area contributed by atoms with E-state index in [9.17, 15) is 15.3 Å². The third-order valence-corrected chi connectivity index (χ3v) is 2.56. The molecule has 1 aliphatic rings. The first-order chi connectivity index (χ1) is 8.61. The van der Waals surface area contributed by atoms with Crippen molar-refractivity contribution in [2.45, 2.75) is 30.7 Å². The van der Waals surface area contributed by atoms with Crippen LogP contribution in [0.15, 0.2) is 25.3 Å². The van der Waals surface area contributed by atoms with Crippen LogP contribution < -0.4 is 0 Å². The number of hydrogen-bond acceptors (Lipinski definition) is 6. The van der Waals surface area contributed by atoms with Crippen LogP contribution in [0.25, 0.3) is 0 Å². The highest BCUT2D eigenvalue weighted by Gasteiger charge is 2.44. The molecule has 0 aromatic carbocycles. The van der Waals surface area contributed by atoms with Crippen LogP contribution in [-0.2, 0) is 14.2 Å². The molecule has 104 valence electrons. The Hall–Kier alpha value is -0.760. The number of rotatable bonds is 7. The third kappa shape index (κ3) is 3.88. The second kappa shape index (κ2) is 7.63. The van der Waals surface area contributed by atoms with Gasteiger partial charge in [-0.05, 0) is 0 Å². The summed E-state index contributed by atoms with van der Waals surface area (Å²) in [7, 11) is 0. The molecule has 0 aromatic rings. The zero-order valence-corrected chi connectivity index (χ0v) is 10.1. The van der Waals surface area contributed by atoms with Crippen molar-refractivity contribution in [2.75, 3.05) is 19.8 Å². The van der Waals surface area contributed by atoms with Crippen molar-refractivity contribution in [2.24, 2.45) is 0 Å². The fourth-order valence-corrected chi connectivity index (χ4v) is 1.62. The van der Waals surface area contributed by atoms with Crippen LogP contribution in [-0.4, -0.2) is 65.8 Å². The van der Waals surface area contributed by atoms with E-state index in [1.165, 1.54) is 6.08 Å². The minimum Gasteiger partial charge on any atom is -0.387 e. The van der Waals surface area contributed by atoms with E-state index in [0.29, 0.717) is 6.61 Å². The molecule has 1 rings (SSSR count). The lowest BCUT2D eigenvalue weighted by Crippen LogP contribution is -2.59. The lowest BCUT2D eigenvalue weighted by Gasteiger charge is -2.39. The Kier molecular flexibility index (Phi) is 6.48. The van der Waals surface area contributed by atoms with Crippen molar-refractivity contribution in [3.8, 4) is 0 Å². The molecule has 0 amide bonds. The summed E-state index contributed by atoms with van der Waals surface area (Å²) < 4.78 is 15.7. The van der Waals surface area contributed by atoms with E-state index in [4.69, 9.17) is 14.2 Å². The van der Waals surface area contributed by atoms with E-state index in [2.05, 4.69) is 13.2 Å². The summed E-state index contributed by atoms with van der Waals surface area (Å²) in [5.74, 6) is 0. The van der Waals surface area contributed by atoms with E-state index < -0.39 is 30.7 Å². The van der Waals surface area contributed by atoms with Gasteiger partial charge in [-0.25, -0.2) is 0 Å². The van der Waals surface area contributed by atoms with Crippen LogP contribution in [0.2, 0.25) is 0 Å². The van der Waals surface area contributed by atoms with Gasteiger partial charge < -0.3 is 29.5 Å². The van der Waals surface area contributed by atoms with Gasteiger partial charge >= 0.3 is 0 Å². The first-order valence-corrected chi connectivity index (χ1v) is 5.72. The summed E-state index contributed by atoms with van der Waals surface area (Å²) >= 11 is 0. The molecular formula is C12H20O6. The lowest BCUT2D eigenvalue weighted by molar-refractivity contribution is -0.299. The van der Waals surface area contributed by atoms with Crippen molar-refractivity contribution in [1.82, 2.24) is 0 Å². The predicted molar refractivity (Wildman–Crippen MR) is 63.8 cm³/mol. The van der Waals surface area contributed by atoms with Crippen molar-refractivity contribution < 1.29 is 29.5 Å². The molecular weight excluding hydrogens is 240 g/mol. The standard InChI is InChI=1S/C12H20O6/c1-3-5-16-7-8-9(13)10(14)11(15)12(18-8)17-6-4-2/h3-4,8-15H,1-2,5-7H2/t8?,9-,10?,11?,12+/m0/s1. The highest BCUT2D eigenvalue weighted by Crippen LogP contribution is 2.22. The number of aliphatic hydroxyl groups is 3. The van der Waals surface area contributed by atoms with E-state index in [1.54, 1.807) is 6.08 Å². The average molecular weight is 260 g/mol. The first kappa shape index (κ1) is 15.3. The van der Waals surface area contributed by atoms with Gasteiger partial charge in [0.05, 0.1) is 19.8 Å². The molecule has 0 saturated carbocycles. The molecule has 3 N–H and O–H groups in total. The molecule has 1 fully saturated rings. The van der Waals surface area contributed by atoms with Crippen molar-refractivity contribution in [1.29, 1.82) is 0 Å². The SMILES string of the molecule is C=CCOCC1O[C@@H](OCC=C)C(O)C(O)[C@H]1O. The van der Waals surface area contributed by atoms with E-state index >= 15 is 0 Å². The lowest BCUT2D eigenvalue weighted by atomic mass is 9.99. The monoisotopic (exact) mass is 260 g/mol. The fourth-order valence-electron chi connectivity index (χ4n) is 1.62. The zero-order chi connectivity index (χ0) is 13.5. The highest BCUT2D eigenvalue weighted by molar-refractivity contribution is 4.89. The Morgan fingerprint density at radius 1 is 1.00 bits per heavy atom. The maximum Gasteiger partial charge on any atom is 0.187 e. The quantitative estimate of drug-likeness (QED) is 0.410. The second-order valence-electron chi connectivity index (χ2n) is 3.96.